The molecule has 24 heavy (non-hydrogen) atoms. The van der Waals surface area contributed by atoms with Crippen LogP contribution in [0.25, 0.3) is 27.5 Å². The van der Waals surface area contributed by atoms with Crippen LogP contribution in [-0.4, -0.2) is 14.8 Å². The van der Waals surface area contributed by atoms with Gasteiger partial charge < -0.3 is 14.8 Å². The third-order valence-corrected chi connectivity index (χ3v) is 4.69. The number of aromatic hydroxyl groups is 2. The van der Waals surface area contributed by atoms with E-state index in [9.17, 15) is 10.2 Å². The van der Waals surface area contributed by atoms with Gasteiger partial charge in [0.25, 0.3) is 0 Å². The second kappa shape index (κ2) is 5.03. The number of fused-ring (bicyclic) bond motifs is 3. The number of hydrogen-bond acceptors (Lipinski definition) is 2. The fourth-order valence-corrected chi connectivity index (χ4v) is 3.27. The topological polar surface area (TPSA) is 45.4 Å². The van der Waals surface area contributed by atoms with E-state index < -0.39 is 0 Å². The van der Waals surface area contributed by atoms with Gasteiger partial charge in [-0.2, -0.15) is 0 Å². The molecule has 3 heteroatoms. The molecule has 0 fully saturated rings. The van der Waals surface area contributed by atoms with Crippen molar-refractivity contribution in [2.45, 2.75) is 20.8 Å². The molecule has 0 saturated heterocycles. The molecule has 0 aliphatic rings. The Labute approximate surface area is 140 Å². The van der Waals surface area contributed by atoms with E-state index in [1.54, 1.807) is 12.1 Å². The van der Waals surface area contributed by atoms with E-state index in [0.717, 1.165) is 38.6 Å². The maximum atomic E-state index is 10.2. The van der Waals surface area contributed by atoms with Gasteiger partial charge in [0.15, 0.2) is 0 Å². The van der Waals surface area contributed by atoms with E-state index in [4.69, 9.17) is 0 Å². The van der Waals surface area contributed by atoms with Crippen molar-refractivity contribution >= 4 is 21.8 Å². The molecule has 1 aromatic heterocycles. The summed E-state index contributed by atoms with van der Waals surface area (Å²) in [5.41, 5.74) is 5.75. The first-order valence-electron chi connectivity index (χ1n) is 8.00. The first kappa shape index (κ1) is 14.6. The Balaban J connectivity index is 2.21. The smallest absolute Gasteiger partial charge is 0.120 e. The quantitative estimate of drug-likeness (QED) is 0.512. The third-order valence-electron chi connectivity index (χ3n) is 4.69. The fraction of sp³-hybridized carbons (Fsp3) is 0.143. The van der Waals surface area contributed by atoms with Crippen LogP contribution in [0.4, 0.5) is 0 Å². The van der Waals surface area contributed by atoms with E-state index in [1.807, 2.05) is 26.0 Å². The summed E-state index contributed by atoms with van der Waals surface area (Å²) in [6.07, 6.45) is 0. The Hall–Kier alpha value is -2.94. The van der Waals surface area contributed by atoms with Crippen molar-refractivity contribution < 1.29 is 10.2 Å². The normalized spacial score (nSPS) is 11.5. The standard InChI is InChI=1S/C21H19NO2/c1-12-4-6-15(7-5-12)22-18-10-20(23)13(2)8-16(18)17-9-14(3)21(24)11-19(17)22/h4-11,23-24H,1-3H3. The molecule has 0 spiro atoms. The van der Waals surface area contributed by atoms with E-state index in [2.05, 4.69) is 35.8 Å². The first-order chi connectivity index (χ1) is 11.5. The highest BCUT2D eigenvalue weighted by Gasteiger charge is 2.15. The second-order valence-electron chi connectivity index (χ2n) is 6.48. The summed E-state index contributed by atoms with van der Waals surface area (Å²) in [5.74, 6) is 0.555. The number of aryl methyl sites for hydroxylation is 3. The minimum atomic E-state index is 0.277. The fourth-order valence-electron chi connectivity index (χ4n) is 3.27. The van der Waals surface area contributed by atoms with Gasteiger partial charge in [-0.05, 0) is 56.2 Å². The number of phenolic OH excluding ortho intramolecular Hbond substituents is 2. The molecule has 2 N–H and O–H groups in total. The first-order valence-corrected chi connectivity index (χ1v) is 8.00. The van der Waals surface area contributed by atoms with Gasteiger partial charge in [0, 0.05) is 28.6 Å². The largest absolute Gasteiger partial charge is 0.508 e. The Bertz CT molecular complexity index is 1020. The predicted octanol–water partition coefficient (Wildman–Crippen LogP) is 5.12. The Kier molecular flexibility index (Phi) is 3.07. The van der Waals surface area contributed by atoms with Crippen LogP contribution in [0, 0.1) is 20.8 Å². The molecule has 0 saturated carbocycles. The van der Waals surface area contributed by atoms with Crippen molar-refractivity contribution in [2.24, 2.45) is 0 Å². The molecule has 0 unspecified atom stereocenters. The van der Waals surface area contributed by atoms with Gasteiger partial charge in [-0.1, -0.05) is 17.7 Å². The van der Waals surface area contributed by atoms with E-state index in [-0.39, 0.29) is 11.5 Å². The molecule has 0 radical (unpaired) electrons. The molecule has 0 aliphatic heterocycles. The third kappa shape index (κ3) is 2.05. The molecule has 1 heterocycles. The zero-order chi connectivity index (χ0) is 17.0. The number of rotatable bonds is 1. The van der Waals surface area contributed by atoms with Crippen LogP contribution in [0.3, 0.4) is 0 Å². The number of benzene rings is 3. The van der Waals surface area contributed by atoms with Crippen molar-refractivity contribution in [3.05, 3.63) is 65.2 Å². The summed E-state index contributed by atoms with van der Waals surface area (Å²) in [7, 11) is 0. The van der Waals surface area contributed by atoms with Crippen LogP contribution in [0.5, 0.6) is 11.5 Å². The lowest BCUT2D eigenvalue weighted by Gasteiger charge is -2.09. The van der Waals surface area contributed by atoms with E-state index in [1.165, 1.54) is 5.56 Å². The summed E-state index contributed by atoms with van der Waals surface area (Å²) in [6.45, 7) is 5.86. The van der Waals surface area contributed by atoms with E-state index in [0.29, 0.717) is 0 Å². The summed E-state index contributed by atoms with van der Waals surface area (Å²) in [5, 5.41) is 22.6. The van der Waals surface area contributed by atoms with E-state index >= 15 is 0 Å². The van der Waals surface area contributed by atoms with Crippen molar-refractivity contribution in [3.63, 3.8) is 0 Å². The number of hydrogen-bond donors (Lipinski definition) is 2. The van der Waals surface area contributed by atoms with Crippen LogP contribution in [0.1, 0.15) is 16.7 Å². The summed E-state index contributed by atoms with van der Waals surface area (Å²) in [4.78, 5) is 0. The second-order valence-corrected chi connectivity index (χ2v) is 6.48. The average molecular weight is 317 g/mol. The van der Waals surface area contributed by atoms with Crippen LogP contribution in [-0.2, 0) is 0 Å². The lowest BCUT2D eigenvalue weighted by atomic mass is 10.1. The average Bonchev–Trinajstić information content (AvgIpc) is 2.82. The summed E-state index contributed by atoms with van der Waals surface area (Å²) < 4.78 is 2.09. The zero-order valence-electron chi connectivity index (χ0n) is 14.0. The van der Waals surface area contributed by atoms with Gasteiger partial charge in [0.2, 0.25) is 0 Å². The maximum Gasteiger partial charge on any atom is 0.120 e. The van der Waals surface area contributed by atoms with Gasteiger partial charge in [-0.15, -0.1) is 0 Å². The van der Waals surface area contributed by atoms with Crippen molar-refractivity contribution in [1.29, 1.82) is 0 Å². The molecule has 0 atom stereocenters. The Morgan fingerprint density at radius 1 is 0.667 bits per heavy atom. The predicted molar refractivity (Wildman–Crippen MR) is 98.3 cm³/mol. The molecule has 4 aromatic rings. The Morgan fingerprint density at radius 2 is 1.12 bits per heavy atom. The van der Waals surface area contributed by atoms with Crippen LogP contribution in [0.15, 0.2) is 48.5 Å². The SMILES string of the molecule is Cc1ccc(-n2c3cc(O)c(C)cc3c3cc(C)c(O)cc32)cc1. The molecule has 3 nitrogen and oxygen atoms in total. The molecular weight excluding hydrogens is 298 g/mol. The van der Waals surface area contributed by atoms with Crippen LogP contribution >= 0.6 is 0 Å². The highest BCUT2D eigenvalue weighted by molar-refractivity contribution is 6.10. The summed E-state index contributed by atoms with van der Waals surface area (Å²) >= 11 is 0. The molecule has 0 amide bonds. The lowest BCUT2D eigenvalue weighted by Crippen LogP contribution is -1.94. The number of aromatic nitrogens is 1. The molecule has 3 aromatic carbocycles. The number of nitrogens with zero attached hydrogens (tertiary/aromatic N) is 1. The highest BCUT2D eigenvalue weighted by atomic mass is 16.3. The minimum absolute atomic E-state index is 0.277. The minimum Gasteiger partial charge on any atom is -0.508 e. The molecule has 120 valence electrons. The van der Waals surface area contributed by atoms with Crippen LogP contribution < -0.4 is 0 Å². The van der Waals surface area contributed by atoms with Crippen molar-refractivity contribution in [3.8, 4) is 17.2 Å². The van der Waals surface area contributed by atoms with Gasteiger partial charge >= 0.3 is 0 Å². The lowest BCUT2D eigenvalue weighted by molar-refractivity contribution is 0.471. The van der Waals surface area contributed by atoms with Gasteiger partial charge in [-0.3, -0.25) is 0 Å². The molecular formula is C21H19NO2. The zero-order valence-corrected chi connectivity index (χ0v) is 14.0. The monoisotopic (exact) mass is 317 g/mol. The maximum absolute atomic E-state index is 10.2. The number of phenols is 2. The highest BCUT2D eigenvalue weighted by Crippen LogP contribution is 2.38. The molecule has 0 bridgehead atoms. The van der Waals surface area contributed by atoms with Crippen molar-refractivity contribution in [1.82, 2.24) is 4.57 Å². The van der Waals surface area contributed by atoms with Gasteiger partial charge in [-0.25, -0.2) is 0 Å². The summed E-state index contributed by atoms with van der Waals surface area (Å²) in [6, 6.07) is 15.9. The van der Waals surface area contributed by atoms with Gasteiger partial charge in [0.1, 0.15) is 11.5 Å². The van der Waals surface area contributed by atoms with Crippen LogP contribution in [0.2, 0.25) is 0 Å². The molecule has 0 aliphatic carbocycles. The van der Waals surface area contributed by atoms with Gasteiger partial charge in [0.05, 0.1) is 11.0 Å². The molecule has 4 rings (SSSR count). The van der Waals surface area contributed by atoms with Crippen molar-refractivity contribution in [2.75, 3.05) is 0 Å². The Morgan fingerprint density at radius 3 is 1.58 bits per heavy atom.